The van der Waals surface area contributed by atoms with Crippen LogP contribution in [-0.4, -0.2) is 33.0 Å². The van der Waals surface area contributed by atoms with Crippen LogP contribution in [0, 0.1) is 6.92 Å². The predicted octanol–water partition coefficient (Wildman–Crippen LogP) is 4.42. The standard InChI is InChI=1S/C28H34N2O4S/c1-4-34-27-18-17-25(19-21(27)2)35(32,33)30-26(20-24-13-9-6-10-14-24)28(31)29-22(3)15-16-23-11-7-5-8-12-23/h5-14,17-19,22,26,30H,4,15-16,20H2,1-3H3,(H,29,31)/t22-,26+/m0/s1. The van der Waals surface area contributed by atoms with Gasteiger partial charge in [-0.25, -0.2) is 8.42 Å². The first kappa shape index (κ1) is 26.4. The molecule has 0 bridgehead atoms. The summed E-state index contributed by atoms with van der Waals surface area (Å²) in [4.78, 5) is 13.3. The van der Waals surface area contributed by atoms with E-state index < -0.39 is 16.1 Å². The molecule has 0 saturated heterocycles. The Labute approximate surface area is 208 Å². The fourth-order valence-corrected chi connectivity index (χ4v) is 5.12. The van der Waals surface area contributed by atoms with Crippen molar-refractivity contribution in [2.24, 2.45) is 0 Å². The molecule has 6 nitrogen and oxygen atoms in total. The van der Waals surface area contributed by atoms with E-state index in [-0.39, 0.29) is 23.3 Å². The zero-order valence-electron chi connectivity index (χ0n) is 20.5. The molecule has 3 aromatic carbocycles. The molecule has 0 saturated carbocycles. The lowest BCUT2D eigenvalue weighted by Crippen LogP contribution is -2.50. The first-order valence-electron chi connectivity index (χ1n) is 11.9. The second kappa shape index (κ2) is 12.5. The average molecular weight is 495 g/mol. The van der Waals surface area contributed by atoms with Gasteiger partial charge in [0.2, 0.25) is 15.9 Å². The summed E-state index contributed by atoms with van der Waals surface area (Å²) < 4.78 is 34.6. The van der Waals surface area contributed by atoms with Gasteiger partial charge in [-0.3, -0.25) is 4.79 Å². The Bertz CT molecular complexity index is 1200. The Kier molecular flexibility index (Phi) is 9.46. The van der Waals surface area contributed by atoms with E-state index in [1.165, 1.54) is 11.6 Å². The topological polar surface area (TPSA) is 84.5 Å². The van der Waals surface area contributed by atoms with Crippen molar-refractivity contribution >= 4 is 15.9 Å². The van der Waals surface area contributed by atoms with Gasteiger partial charge < -0.3 is 10.1 Å². The highest BCUT2D eigenvalue weighted by atomic mass is 32.2. The Morgan fingerprint density at radius 2 is 1.57 bits per heavy atom. The van der Waals surface area contributed by atoms with Crippen LogP contribution < -0.4 is 14.8 Å². The lowest BCUT2D eigenvalue weighted by Gasteiger charge is -2.22. The number of rotatable bonds is 12. The van der Waals surface area contributed by atoms with Crippen molar-refractivity contribution in [3.63, 3.8) is 0 Å². The zero-order valence-corrected chi connectivity index (χ0v) is 21.3. The van der Waals surface area contributed by atoms with Crippen LogP contribution in [0.25, 0.3) is 0 Å². The molecule has 2 atom stereocenters. The summed E-state index contributed by atoms with van der Waals surface area (Å²) in [6.07, 6.45) is 1.81. The molecule has 0 fully saturated rings. The number of nitrogens with one attached hydrogen (secondary N) is 2. The van der Waals surface area contributed by atoms with Crippen LogP contribution in [0.3, 0.4) is 0 Å². The maximum atomic E-state index is 13.2. The van der Waals surface area contributed by atoms with Crippen molar-refractivity contribution in [1.29, 1.82) is 0 Å². The van der Waals surface area contributed by atoms with Gasteiger partial charge in [-0.15, -0.1) is 0 Å². The Balaban J connectivity index is 1.74. The van der Waals surface area contributed by atoms with Gasteiger partial charge in [0, 0.05) is 6.04 Å². The quantitative estimate of drug-likeness (QED) is 0.390. The fourth-order valence-electron chi connectivity index (χ4n) is 3.84. The molecule has 3 rings (SSSR count). The highest BCUT2D eigenvalue weighted by Gasteiger charge is 2.27. The maximum Gasteiger partial charge on any atom is 0.241 e. The molecular weight excluding hydrogens is 460 g/mol. The van der Waals surface area contributed by atoms with Crippen molar-refractivity contribution < 1.29 is 17.9 Å². The number of benzene rings is 3. The average Bonchev–Trinajstić information content (AvgIpc) is 2.85. The first-order valence-corrected chi connectivity index (χ1v) is 13.4. The summed E-state index contributed by atoms with van der Waals surface area (Å²) in [5.74, 6) is 0.290. The molecule has 0 aromatic heterocycles. The fraction of sp³-hybridized carbons (Fsp3) is 0.321. The summed E-state index contributed by atoms with van der Waals surface area (Å²) in [6.45, 7) is 6.10. The van der Waals surface area contributed by atoms with E-state index in [1.807, 2.05) is 62.4 Å². The summed E-state index contributed by atoms with van der Waals surface area (Å²) in [6, 6.07) is 23.1. The number of hydrogen-bond acceptors (Lipinski definition) is 4. The summed E-state index contributed by atoms with van der Waals surface area (Å²) >= 11 is 0. The molecule has 35 heavy (non-hydrogen) atoms. The molecule has 0 aliphatic heterocycles. The first-order chi connectivity index (χ1) is 16.8. The van der Waals surface area contributed by atoms with Gasteiger partial charge in [0.15, 0.2) is 0 Å². The molecule has 2 N–H and O–H groups in total. The molecule has 0 spiro atoms. The molecule has 0 unspecified atom stereocenters. The Morgan fingerprint density at radius 3 is 2.17 bits per heavy atom. The molecule has 7 heteroatoms. The maximum absolute atomic E-state index is 13.2. The van der Waals surface area contributed by atoms with Crippen LogP contribution in [0.5, 0.6) is 5.75 Å². The van der Waals surface area contributed by atoms with Crippen LogP contribution >= 0.6 is 0 Å². The molecule has 0 aliphatic carbocycles. The minimum atomic E-state index is -3.94. The second-order valence-electron chi connectivity index (χ2n) is 8.66. The van der Waals surface area contributed by atoms with Gasteiger partial charge in [0.1, 0.15) is 11.8 Å². The highest BCUT2D eigenvalue weighted by Crippen LogP contribution is 2.22. The summed E-state index contributed by atoms with van der Waals surface area (Å²) in [7, 11) is -3.94. The smallest absolute Gasteiger partial charge is 0.241 e. The summed E-state index contributed by atoms with van der Waals surface area (Å²) in [5.41, 5.74) is 2.78. The monoisotopic (exact) mass is 494 g/mol. The molecule has 1 amide bonds. The van der Waals surface area contributed by atoms with Crippen molar-refractivity contribution in [2.45, 2.75) is 57.0 Å². The number of amides is 1. The van der Waals surface area contributed by atoms with Gasteiger partial charge in [-0.05, 0) is 74.9 Å². The normalized spacial score (nSPS) is 13.1. The molecule has 0 heterocycles. The minimum Gasteiger partial charge on any atom is -0.494 e. The third-order valence-electron chi connectivity index (χ3n) is 5.75. The summed E-state index contributed by atoms with van der Waals surface area (Å²) in [5, 5.41) is 3.00. The van der Waals surface area contributed by atoms with Crippen LogP contribution in [0.15, 0.2) is 83.8 Å². The molecule has 0 aliphatic rings. The van der Waals surface area contributed by atoms with Gasteiger partial charge in [0.25, 0.3) is 0 Å². The minimum absolute atomic E-state index is 0.0986. The van der Waals surface area contributed by atoms with E-state index in [0.29, 0.717) is 17.9 Å². The number of hydrogen-bond donors (Lipinski definition) is 2. The Morgan fingerprint density at radius 1 is 0.943 bits per heavy atom. The van der Waals surface area contributed by atoms with E-state index in [9.17, 15) is 13.2 Å². The van der Waals surface area contributed by atoms with E-state index in [2.05, 4.69) is 22.2 Å². The van der Waals surface area contributed by atoms with E-state index in [1.54, 1.807) is 19.1 Å². The van der Waals surface area contributed by atoms with E-state index in [4.69, 9.17) is 4.74 Å². The van der Waals surface area contributed by atoms with Gasteiger partial charge in [-0.1, -0.05) is 60.7 Å². The van der Waals surface area contributed by atoms with E-state index >= 15 is 0 Å². The number of carbonyl (C=O) groups excluding carboxylic acids is 1. The predicted molar refractivity (Wildman–Crippen MR) is 139 cm³/mol. The van der Waals surface area contributed by atoms with Gasteiger partial charge >= 0.3 is 0 Å². The number of ether oxygens (including phenoxy) is 1. The van der Waals surface area contributed by atoms with Crippen molar-refractivity contribution in [3.8, 4) is 5.75 Å². The molecule has 0 radical (unpaired) electrons. The van der Waals surface area contributed by atoms with Crippen LogP contribution in [0.1, 0.15) is 37.0 Å². The molecule has 3 aromatic rings. The lowest BCUT2D eigenvalue weighted by molar-refractivity contribution is -0.123. The van der Waals surface area contributed by atoms with Gasteiger partial charge in [-0.2, -0.15) is 4.72 Å². The number of sulfonamides is 1. The van der Waals surface area contributed by atoms with Crippen LogP contribution in [0.2, 0.25) is 0 Å². The number of carbonyl (C=O) groups is 1. The van der Waals surface area contributed by atoms with Crippen LogP contribution in [-0.2, 0) is 27.7 Å². The van der Waals surface area contributed by atoms with Crippen LogP contribution in [0.4, 0.5) is 0 Å². The van der Waals surface area contributed by atoms with Gasteiger partial charge in [0.05, 0.1) is 11.5 Å². The van der Waals surface area contributed by atoms with E-state index in [0.717, 1.165) is 18.4 Å². The number of aryl methyl sites for hydroxylation is 2. The lowest BCUT2D eigenvalue weighted by atomic mass is 10.0. The SMILES string of the molecule is CCOc1ccc(S(=O)(=O)N[C@H](Cc2ccccc2)C(=O)N[C@@H](C)CCc2ccccc2)cc1C. The second-order valence-corrected chi connectivity index (χ2v) is 10.4. The third kappa shape index (κ3) is 7.94. The third-order valence-corrected chi connectivity index (χ3v) is 7.22. The highest BCUT2D eigenvalue weighted by molar-refractivity contribution is 7.89. The molecular formula is C28H34N2O4S. The largest absolute Gasteiger partial charge is 0.494 e. The zero-order chi connectivity index (χ0) is 25.3. The Hall–Kier alpha value is -3.16. The van der Waals surface area contributed by atoms with Crippen molar-refractivity contribution in [2.75, 3.05) is 6.61 Å². The van der Waals surface area contributed by atoms with Crippen molar-refractivity contribution in [1.82, 2.24) is 10.0 Å². The van der Waals surface area contributed by atoms with Crippen molar-refractivity contribution in [3.05, 3.63) is 95.6 Å². The molecule has 186 valence electrons.